The van der Waals surface area contributed by atoms with Crippen molar-refractivity contribution in [3.05, 3.63) is 35.9 Å². The molecule has 0 spiro atoms. The molecule has 0 aliphatic carbocycles. The molecule has 0 fully saturated rings. The van der Waals surface area contributed by atoms with Crippen LogP contribution in [0.1, 0.15) is 10.4 Å². The Balaban J connectivity index is 2.40. The third-order valence-corrected chi connectivity index (χ3v) is 1.31. The maximum Gasteiger partial charge on any atom is 0.373 e. The van der Waals surface area contributed by atoms with Gasteiger partial charge in [0.2, 0.25) is 0 Å². The Hall–Kier alpha value is -1.39. The van der Waals surface area contributed by atoms with E-state index >= 15 is 0 Å². The number of hydrogen-bond donors (Lipinski definition) is 0. The fourth-order valence-electron chi connectivity index (χ4n) is 0.748. The van der Waals surface area contributed by atoms with E-state index in [2.05, 4.69) is 14.5 Å². The maximum atomic E-state index is 11.1. The Kier molecular flexibility index (Phi) is 3.95. The fourth-order valence-corrected chi connectivity index (χ4v) is 0.748. The molecular formula is C9H10O4. The number of carbonyl (C=O) groups is 1. The van der Waals surface area contributed by atoms with Gasteiger partial charge >= 0.3 is 5.97 Å². The molecule has 0 radical (unpaired) electrons. The van der Waals surface area contributed by atoms with E-state index in [1.54, 1.807) is 24.3 Å². The molecular weight excluding hydrogens is 172 g/mol. The Labute approximate surface area is 76.0 Å². The molecule has 1 rings (SSSR count). The first-order valence-electron chi connectivity index (χ1n) is 3.72. The summed E-state index contributed by atoms with van der Waals surface area (Å²) in [5, 5.41) is 0. The lowest BCUT2D eigenvalue weighted by molar-refractivity contribution is -0.286. The van der Waals surface area contributed by atoms with Gasteiger partial charge in [-0.1, -0.05) is 18.2 Å². The van der Waals surface area contributed by atoms with E-state index in [4.69, 9.17) is 0 Å². The van der Waals surface area contributed by atoms with E-state index in [1.165, 1.54) is 7.11 Å². The molecule has 0 atom stereocenters. The van der Waals surface area contributed by atoms with Crippen molar-refractivity contribution in [2.24, 2.45) is 0 Å². The Bertz CT molecular complexity index is 258. The van der Waals surface area contributed by atoms with E-state index in [1.807, 2.05) is 6.07 Å². The molecule has 13 heavy (non-hydrogen) atoms. The molecule has 0 N–H and O–H groups in total. The number of rotatable bonds is 4. The summed E-state index contributed by atoms with van der Waals surface area (Å²) in [6.45, 7) is -0.0709. The molecule has 1 aromatic rings. The highest BCUT2D eigenvalue weighted by atomic mass is 17.2. The minimum absolute atomic E-state index is 0.0709. The second kappa shape index (κ2) is 5.29. The van der Waals surface area contributed by atoms with Crippen LogP contribution >= 0.6 is 0 Å². The highest BCUT2D eigenvalue weighted by Gasteiger charge is 2.05. The first kappa shape index (κ1) is 9.70. The summed E-state index contributed by atoms with van der Waals surface area (Å²) in [7, 11) is 1.44. The summed E-state index contributed by atoms with van der Waals surface area (Å²) in [5.41, 5.74) is 0.443. The number of carbonyl (C=O) groups excluding carboxylic acids is 1. The standard InChI is InChI=1S/C9H10O4/c1-11-7-12-13-9(10)8-5-3-2-4-6-8/h2-6H,7H2,1H3. The summed E-state index contributed by atoms with van der Waals surface area (Å²) < 4.78 is 4.53. The van der Waals surface area contributed by atoms with E-state index in [9.17, 15) is 4.79 Å². The Morgan fingerprint density at radius 3 is 2.62 bits per heavy atom. The predicted molar refractivity (Wildman–Crippen MR) is 44.8 cm³/mol. The maximum absolute atomic E-state index is 11.1. The topological polar surface area (TPSA) is 44.8 Å². The van der Waals surface area contributed by atoms with E-state index in [0.29, 0.717) is 5.56 Å². The molecule has 0 bridgehead atoms. The van der Waals surface area contributed by atoms with Crippen molar-refractivity contribution < 1.29 is 19.3 Å². The highest BCUT2D eigenvalue weighted by molar-refractivity contribution is 5.88. The van der Waals surface area contributed by atoms with Gasteiger partial charge in [0.25, 0.3) is 0 Å². The lowest BCUT2D eigenvalue weighted by Gasteiger charge is -2.01. The molecule has 0 saturated heterocycles. The summed E-state index contributed by atoms with van der Waals surface area (Å²) in [6, 6.07) is 8.57. The minimum atomic E-state index is -0.530. The molecule has 0 unspecified atom stereocenters. The first-order valence-corrected chi connectivity index (χ1v) is 3.72. The zero-order chi connectivity index (χ0) is 9.52. The highest BCUT2D eigenvalue weighted by Crippen LogP contribution is 2.00. The smallest absolute Gasteiger partial charge is 0.355 e. The zero-order valence-corrected chi connectivity index (χ0v) is 7.23. The van der Waals surface area contributed by atoms with Crippen molar-refractivity contribution in [2.75, 3.05) is 13.9 Å². The number of methoxy groups -OCH3 is 1. The van der Waals surface area contributed by atoms with Crippen LogP contribution in [0.2, 0.25) is 0 Å². The van der Waals surface area contributed by atoms with Crippen LogP contribution in [0.4, 0.5) is 0 Å². The van der Waals surface area contributed by atoms with E-state index in [0.717, 1.165) is 0 Å². The summed E-state index contributed by atoms with van der Waals surface area (Å²) in [5.74, 6) is -0.530. The van der Waals surface area contributed by atoms with Crippen LogP contribution in [0.25, 0.3) is 0 Å². The third-order valence-electron chi connectivity index (χ3n) is 1.31. The van der Waals surface area contributed by atoms with Gasteiger partial charge < -0.3 is 4.74 Å². The monoisotopic (exact) mass is 182 g/mol. The van der Waals surface area contributed by atoms with Crippen LogP contribution in [0, 0.1) is 0 Å². The Morgan fingerprint density at radius 1 is 1.31 bits per heavy atom. The second-order valence-corrected chi connectivity index (χ2v) is 2.26. The van der Waals surface area contributed by atoms with Crippen molar-refractivity contribution in [1.29, 1.82) is 0 Å². The first-order chi connectivity index (χ1) is 6.34. The molecule has 0 amide bonds. The number of ether oxygens (including phenoxy) is 1. The Morgan fingerprint density at radius 2 is 2.00 bits per heavy atom. The molecule has 70 valence electrons. The summed E-state index contributed by atoms with van der Waals surface area (Å²) in [6.07, 6.45) is 0. The lowest BCUT2D eigenvalue weighted by Crippen LogP contribution is -2.07. The molecule has 4 nitrogen and oxygen atoms in total. The molecule has 0 aliphatic rings. The van der Waals surface area contributed by atoms with Gasteiger partial charge in [0.15, 0.2) is 6.79 Å². The number of hydrogen-bond acceptors (Lipinski definition) is 4. The van der Waals surface area contributed by atoms with Crippen molar-refractivity contribution in [1.82, 2.24) is 0 Å². The van der Waals surface area contributed by atoms with Gasteiger partial charge in [-0.15, -0.1) is 0 Å². The quantitative estimate of drug-likeness (QED) is 0.305. The van der Waals surface area contributed by atoms with Crippen LogP contribution in [-0.4, -0.2) is 19.9 Å². The lowest BCUT2D eigenvalue weighted by atomic mass is 10.2. The molecule has 0 heterocycles. The summed E-state index contributed by atoms with van der Waals surface area (Å²) in [4.78, 5) is 19.9. The minimum Gasteiger partial charge on any atom is -0.355 e. The van der Waals surface area contributed by atoms with Crippen molar-refractivity contribution >= 4 is 5.97 Å². The van der Waals surface area contributed by atoms with Crippen LogP contribution in [-0.2, 0) is 14.5 Å². The van der Waals surface area contributed by atoms with Crippen LogP contribution < -0.4 is 0 Å². The molecule has 0 aliphatic heterocycles. The average Bonchev–Trinajstić information content (AvgIpc) is 2.19. The van der Waals surface area contributed by atoms with Crippen LogP contribution in [0.3, 0.4) is 0 Å². The van der Waals surface area contributed by atoms with Crippen molar-refractivity contribution in [2.45, 2.75) is 0 Å². The van der Waals surface area contributed by atoms with Crippen LogP contribution in [0.5, 0.6) is 0 Å². The van der Waals surface area contributed by atoms with Gasteiger partial charge in [-0.25, -0.2) is 4.79 Å². The van der Waals surface area contributed by atoms with Crippen molar-refractivity contribution in [3.63, 3.8) is 0 Å². The average molecular weight is 182 g/mol. The fraction of sp³-hybridized carbons (Fsp3) is 0.222. The molecule has 4 heteroatoms. The van der Waals surface area contributed by atoms with Gasteiger partial charge in [-0.3, -0.25) is 4.89 Å². The normalized spacial score (nSPS) is 9.62. The van der Waals surface area contributed by atoms with Gasteiger partial charge in [0.1, 0.15) is 0 Å². The van der Waals surface area contributed by atoms with E-state index < -0.39 is 5.97 Å². The molecule has 0 aromatic heterocycles. The zero-order valence-electron chi connectivity index (χ0n) is 7.23. The largest absolute Gasteiger partial charge is 0.373 e. The third kappa shape index (κ3) is 3.23. The van der Waals surface area contributed by atoms with Gasteiger partial charge in [-0.05, 0) is 12.1 Å². The van der Waals surface area contributed by atoms with Gasteiger partial charge in [0.05, 0.1) is 5.56 Å². The van der Waals surface area contributed by atoms with Gasteiger partial charge in [0, 0.05) is 7.11 Å². The number of benzene rings is 1. The predicted octanol–water partition coefficient (Wildman–Crippen LogP) is 1.38. The summed E-state index contributed by atoms with van der Waals surface area (Å²) >= 11 is 0. The molecule has 1 aromatic carbocycles. The SMILES string of the molecule is COCOOC(=O)c1ccccc1. The van der Waals surface area contributed by atoms with Gasteiger partial charge in [-0.2, -0.15) is 4.89 Å². The molecule has 0 saturated carbocycles. The van der Waals surface area contributed by atoms with Crippen LogP contribution in [0.15, 0.2) is 30.3 Å². The van der Waals surface area contributed by atoms with Crippen molar-refractivity contribution in [3.8, 4) is 0 Å². The second-order valence-electron chi connectivity index (χ2n) is 2.26. The van der Waals surface area contributed by atoms with E-state index in [-0.39, 0.29) is 6.79 Å².